The lowest BCUT2D eigenvalue weighted by atomic mass is 10.1. The molecule has 2 heterocycles. The number of piperidine rings is 1. The zero-order valence-electron chi connectivity index (χ0n) is 14.3. The first-order valence-corrected chi connectivity index (χ1v) is 10.2. The van der Waals surface area contributed by atoms with Crippen LogP contribution in [0.25, 0.3) is 11.0 Å². The van der Waals surface area contributed by atoms with E-state index in [1.807, 2.05) is 24.3 Å². The number of nitrogens with zero attached hydrogens (tertiary/aromatic N) is 3. The minimum Gasteiger partial charge on any atom is -0.354 e. The van der Waals surface area contributed by atoms with Crippen molar-refractivity contribution < 1.29 is 8.42 Å². The topological polar surface area (TPSA) is 75.2 Å². The highest BCUT2D eigenvalue weighted by Gasteiger charge is 2.22. The van der Waals surface area contributed by atoms with Crippen molar-refractivity contribution in [3.63, 3.8) is 0 Å². The van der Waals surface area contributed by atoms with E-state index in [1.54, 1.807) is 30.3 Å². The predicted octanol–water partition coefficient (Wildman–Crippen LogP) is 3.42. The van der Waals surface area contributed by atoms with Crippen LogP contribution in [0, 0.1) is 0 Å². The molecule has 0 atom stereocenters. The van der Waals surface area contributed by atoms with Gasteiger partial charge in [-0.25, -0.2) is 18.4 Å². The summed E-state index contributed by atoms with van der Waals surface area (Å²) in [5.74, 6) is 0.886. The third-order valence-electron chi connectivity index (χ3n) is 4.49. The number of hydrogen-bond acceptors (Lipinski definition) is 5. The minimum atomic E-state index is -3.72. The van der Waals surface area contributed by atoms with Crippen molar-refractivity contribution in [1.82, 2.24) is 9.97 Å². The van der Waals surface area contributed by atoms with Crippen LogP contribution in [0.5, 0.6) is 0 Å². The van der Waals surface area contributed by atoms with E-state index in [0.717, 1.165) is 31.4 Å². The number of benzene rings is 2. The third-order valence-corrected chi connectivity index (χ3v) is 5.85. The maximum atomic E-state index is 12.8. The van der Waals surface area contributed by atoms with E-state index in [4.69, 9.17) is 4.98 Å². The normalized spacial score (nSPS) is 15.2. The summed E-state index contributed by atoms with van der Waals surface area (Å²) >= 11 is 0. The van der Waals surface area contributed by atoms with Crippen LogP contribution >= 0.6 is 0 Å². The first kappa shape index (κ1) is 16.8. The number of nitrogens with one attached hydrogen (secondary N) is 1. The van der Waals surface area contributed by atoms with Gasteiger partial charge in [-0.1, -0.05) is 30.3 Å². The van der Waals surface area contributed by atoms with Crippen LogP contribution in [-0.4, -0.2) is 31.5 Å². The van der Waals surface area contributed by atoms with Crippen LogP contribution in [0.1, 0.15) is 19.3 Å². The summed E-state index contributed by atoms with van der Waals surface area (Å²) in [7, 11) is -3.72. The summed E-state index contributed by atoms with van der Waals surface area (Å²) in [5.41, 5.74) is 1.43. The maximum absolute atomic E-state index is 12.8. The van der Waals surface area contributed by atoms with E-state index in [1.165, 1.54) is 6.42 Å². The Kier molecular flexibility index (Phi) is 4.46. The number of aromatic nitrogens is 2. The van der Waals surface area contributed by atoms with Gasteiger partial charge in [-0.15, -0.1) is 0 Å². The van der Waals surface area contributed by atoms with Gasteiger partial charge >= 0.3 is 0 Å². The molecule has 1 aliphatic rings. The smallest absolute Gasteiger partial charge is 0.263 e. The van der Waals surface area contributed by atoms with Gasteiger partial charge in [0, 0.05) is 13.1 Å². The Morgan fingerprint density at radius 2 is 1.42 bits per heavy atom. The summed E-state index contributed by atoms with van der Waals surface area (Å²) in [4.78, 5) is 11.6. The van der Waals surface area contributed by atoms with Crippen LogP contribution in [0.15, 0.2) is 59.5 Å². The van der Waals surface area contributed by atoms with Gasteiger partial charge in [0.25, 0.3) is 10.0 Å². The molecule has 0 saturated carbocycles. The molecular weight excluding hydrogens is 348 g/mol. The number of anilines is 2. The Bertz CT molecular complexity index is 1020. The zero-order valence-corrected chi connectivity index (χ0v) is 15.1. The fourth-order valence-electron chi connectivity index (χ4n) is 3.17. The lowest BCUT2D eigenvalue weighted by Gasteiger charge is -2.29. The molecule has 6 nitrogen and oxygen atoms in total. The molecule has 0 amide bonds. The number of rotatable bonds is 4. The van der Waals surface area contributed by atoms with Crippen molar-refractivity contribution in [1.29, 1.82) is 0 Å². The first-order valence-electron chi connectivity index (χ1n) is 8.73. The molecular formula is C19H20N4O2S. The standard InChI is InChI=1S/C19H20N4O2S/c24-26(25,15-9-3-1-4-10-15)22-18-19(23-13-7-2-8-14-23)21-17-12-6-5-11-16(17)20-18/h1,3-6,9-12H,2,7-8,13-14H2,(H,20,22). The Hall–Kier alpha value is -2.67. The number of hydrogen-bond donors (Lipinski definition) is 1. The van der Waals surface area contributed by atoms with E-state index >= 15 is 0 Å². The van der Waals surface area contributed by atoms with E-state index in [-0.39, 0.29) is 10.7 Å². The lowest BCUT2D eigenvalue weighted by molar-refractivity contribution is 0.574. The van der Waals surface area contributed by atoms with E-state index in [2.05, 4.69) is 14.6 Å². The van der Waals surface area contributed by atoms with Crippen molar-refractivity contribution in [2.75, 3.05) is 22.7 Å². The molecule has 2 aromatic carbocycles. The van der Waals surface area contributed by atoms with Gasteiger partial charge in [-0.2, -0.15) is 0 Å². The van der Waals surface area contributed by atoms with Crippen molar-refractivity contribution in [3.8, 4) is 0 Å². The number of para-hydroxylation sites is 2. The number of sulfonamides is 1. The van der Waals surface area contributed by atoms with Crippen LogP contribution in [0.3, 0.4) is 0 Å². The van der Waals surface area contributed by atoms with Gasteiger partial charge in [-0.3, -0.25) is 4.72 Å². The van der Waals surface area contributed by atoms with Gasteiger partial charge in [-0.05, 0) is 43.5 Å². The lowest BCUT2D eigenvalue weighted by Crippen LogP contribution is -2.31. The van der Waals surface area contributed by atoms with Crippen molar-refractivity contribution in [2.45, 2.75) is 24.2 Å². The fraction of sp³-hybridized carbons (Fsp3) is 0.263. The van der Waals surface area contributed by atoms with E-state index < -0.39 is 10.0 Å². The summed E-state index contributed by atoms with van der Waals surface area (Å²) in [6, 6.07) is 15.8. The van der Waals surface area contributed by atoms with Crippen LogP contribution < -0.4 is 9.62 Å². The zero-order chi connectivity index (χ0) is 18.0. The maximum Gasteiger partial charge on any atom is 0.263 e. The number of fused-ring (bicyclic) bond motifs is 1. The highest BCUT2D eigenvalue weighted by molar-refractivity contribution is 7.92. The average Bonchev–Trinajstić information content (AvgIpc) is 2.68. The molecule has 0 aliphatic carbocycles. The minimum absolute atomic E-state index is 0.208. The van der Waals surface area contributed by atoms with Gasteiger partial charge in [0.15, 0.2) is 11.6 Å². The molecule has 7 heteroatoms. The van der Waals surface area contributed by atoms with Crippen molar-refractivity contribution in [3.05, 3.63) is 54.6 Å². The molecule has 0 radical (unpaired) electrons. The third kappa shape index (κ3) is 3.35. The Labute approximate surface area is 152 Å². The molecule has 1 aliphatic heterocycles. The second-order valence-electron chi connectivity index (χ2n) is 6.35. The fourth-order valence-corrected chi connectivity index (χ4v) is 4.20. The average molecular weight is 368 g/mol. The van der Waals surface area contributed by atoms with E-state index in [0.29, 0.717) is 11.3 Å². The highest BCUT2D eigenvalue weighted by Crippen LogP contribution is 2.29. The second kappa shape index (κ2) is 6.92. The molecule has 1 N–H and O–H groups in total. The predicted molar refractivity (Wildman–Crippen MR) is 103 cm³/mol. The highest BCUT2D eigenvalue weighted by atomic mass is 32.2. The summed E-state index contributed by atoms with van der Waals surface area (Å²) in [5, 5.41) is 0. The van der Waals surface area contributed by atoms with Crippen molar-refractivity contribution >= 4 is 32.7 Å². The molecule has 4 rings (SSSR count). The van der Waals surface area contributed by atoms with Crippen molar-refractivity contribution in [2.24, 2.45) is 0 Å². The van der Waals surface area contributed by atoms with Crippen LogP contribution in [-0.2, 0) is 10.0 Å². The SMILES string of the molecule is O=S(=O)(Nc1nc2ccccc2nc1N1CCCCC1)c1ccccc1. The van der Waals surface area contributed by atoms with Gasteiger partial charge < -0.3 is 4.90 Å². The molecule has 26 heavy (non-hydrogen) atoms. The van der Waals surface area contributed by atoms with Gasteiger partial charge in [0.2, 0.25) is 0 Å². The van der Waals surface area contributed by atoms with Gasteiger partial charge in [0.1, 0.15) is 0 Å². The van der Waals surface area contributed by atoms with Crippen LogP contribution in [0.2, 0.25) is 0 Å². The van der Waals surface area contributed by atoms with Gasteiger partial charge in [0.05, 0.1) is 15.9 Å². The summed E-state index contributed by atoms with van der Waals surface area (Å²) in [6.07, 6.45) is 3.32. The largest absolute Gasteiger partial charge is 0.354 e. The molecule has 0 bridgehead atoms. The molecule has 1 saturated heterocycles. The quantitative estimate of drug-likeness (QED) is 0.764. The van der Waals surface area contributed by atoms with Crippen LogP contribution in [0.4, 0.5) is 11.6 Å². The molecule has 1 fully saturated rings. The second-order valence-corrected chi connectivity index (χ2v) is 8.03. The Morgan fingerprint density at radius 3 is 2.12 bits per heavy atom. The molecule has 0 unspecified atom stereocenters. The monoisotopic (exact) mass is 368 g/mol. The Balaban J connectivity index is 1.79. The summed E-state index contributed by atoms with van der Waals surface area (Å²) < 4.78 is 28.2. The summed E-state index contributed by atoms with van der Waals surface area (Å²) in [6.45, 7) is 1.71. The molecule has 134 valence electrons. The van der Waals surface area contributed by atoms with E-state index in [9.17, 15) is 8.42 Å². The Morgan fingerprint density at radius 1 is 0.808 bits per heavy atom. The molecule has 3 aromatic rings. The molecule has 1 aromatic heterocycles. The molecule has 0 spiro atoms. The first-order chi connectivity index (χ1) is 12.6.